The van der Waals surface area contributed by atoms with Crippen LogP contribution in [0.2, 0.25) is 0 Å². The van der Waals surface area contributed by atoms with Gasteiger partial charge in [-0.3, -0.25) is 4.79 Å². The minimum absolute atomic E-state index is 0.0856. The highest BCUT2D eigenvalue weighted by molar-refractivity contribution is 5.78. The summed E-state index contributed by atoms with van der Waals surface area (Å²) in [7, 11) is 0. The van der Waals surface area contributed by atoms with E-state index in [0.29, 0.717) is 12.6 Å². The molecule has 0 bridgehead atoms. The molecule has 0 aromatic carbocycles. The summed E-state index contributed by atoms with van der Waals surface area (Å²) in [6.07, 6.45) is 7.28. The van der Waals surface area contributed by atoms with Crippen molar-refractivity contribution in [1.29, 1.82) is 0 Å². The zero-order valence-corrected chi connectivity index (χ0v) is 8.94. The molecule has 3 nitrogen and oxygen atoms in total. The summed E-state index contributed by atoms with van der Waals surface area (Å²) in [4.78, 5) is 11.6. The first-order valence-electron chi connectivity index (χ1n) is 5.72. The van der Waals surface area contributed by atoms with E-state index in [1.54, 1.807) is 0 Å². The zero-order chi connectivity index (χ0) is 10.0. The van der Waals surface area contributed by atoms with Crippen LogP contribution in [0.15, 0.2) is 0 Å². The van der Waals surface area contributed by atoms with Crippen LogP contribution in [0.5, 0.6) is 0 Å². The van der Waals surface area contributed by atoms with Crippen LogP contribution in [0.4, 0.5) is 0 Å². The van der Waals surface area contributed by atoms with Crippen molar-refractivity contribution in [3.05, 3.63) is 0 Å². The Balaban J connectivity index is 1.69. The number of carbonyl (C=O) groups is 1. The minimum Gasteiger partial charge on any atom is -0.350 e. The summed E-state index contributed by atoms with van der Waals surface area (Å²) in [6.45, 7) is 2.66. The summed E-state index contributed by atoms with van der Waals surface area (Å²) in [5.74, 6) is 0.168. The van der Waals surface area contributed by atoms with Crippen molar-refractivity contribution >= 4 is 5.91 Å². The van der Waals surface area contributed by atoms with Crippen LogP contribution < -0.4 is 10.6 Å². The average molecular weight is 196 g/mol. The molecule has 2 saturated carbocycles. The van der Waals surface area contributed by atoms with Crippen LogP contribution in [0.25, 0.3) is 0 Å². The van der Waals surface area contributed by atoms with Gasteiger partial charge in [-0.2, -0.15) is 0 Å². The predicted octanol–water partition coefficient (Wildman–Crippen LogP) is 1.19. The fourth-order valence-corrected chi connectivity index (χ4v) is 2.19. The Kier molecular flexibility index (Phi) is 2.77. The molecule has 0 aromatic heterocycles. The molecule has 2 N–H and O–H groups in total. The van der Waals surface area contributed by atoms with Crippen LogP contribution in [0.3, 0.4) is 0 Å². The molecule has 0 saturated heterocycles. The molecule has 0 radical (unpaired) electrons. The fraction of sp³-hybridized carbons (Fsp3) is 0.909. The van der Waals surface area contributed by atoms with Gasteiger partial charge >= 0.3 is 0 Å². The number of carbonyl (C=O) groups excluding carboxylic acids is 1. The predicted molar refractivity (Wildman–Crippen MR) is 56.0 cm³/mol. The van der Waals surface area contributed by atoms with E-state index in [1.165, 1.54) is 25.7 Å². The van der Waals surface area contributed by atoms with E-state index in [2.05, 4.69) is 17.6 Å². The maximum absolute atomic E-state index is 11.6. The van der Waals surface area contributed by atoms with Crippen molar-refractivity contribution in [3.63, 3.8) is 0 Å². The van der Waals surface area contributed by atoms with Gasteiger partial charge in [-0.15, -0.1) is 0 Å². The van der Waals surface area contributed by atoms with Gasteiger partial charge in [0.2, 0.25) is 5.91 Å². The third-order valence-electron chi connectivity index (χ3n) is 3.28. The molecule has 0 aromatic rings. The maximum Gasteiger partial charge on any atom is 0.234 e. The van der Waals surface area contributed by atoms with Gasteiger partial charge in [-0.1, -0.05) is 12.8 Å². The van der Waals surface area contributed by atoms with Gasteiger partial charge in [-0.05, 0) is 32.6 Å². The molecule has 2 fully saturated rings. The first-order valence-corrected chi connectivity index (χ1v) is 5.72. The number of nitrogens with one attached hydrogen (secondary N) is 2. The summed E-state index contributed by atoms with van der Waals surface area (Å²) in [5.41, 5.74) is 0.0856. The molecule has 2 aliphatic rings. The first-order chi connectivity index (χ1) is 6.68. The molecule has 0 heterocycles. The molecular weight excluding hydrogens is 176 g/mol. The quantitative estimate of drug-likeness (QED) is 0.709. The minimum atomic E-state index is 0.0856. The Morgan fingerprint density at radius 3 is 2.57 bits per heavy atom. The Morgan fingerprint density at radius 2 is 2.00 bits per heavy atom. The van der Waals surface area contributed by atoms with Gasteiger partial charge < -0.3 is 10.6 Å². The van der Waals surface area contributed by atoms with E-state index in [-0.39, 0.29) is 11.4 Å². The van der Waals surface area contributed by atoms with Gasteiger partial charge in [0.1, 0.15) is 0 Å². The van der Waals surface area contributed by atoms with Gasteiger partial charge in [0, 0.05) is 11.6 Å². The van der Waals surface area contributed by atoms with Crippen molar-refractivity contribution in [2.24, 2.45) is 0 Å². The summed E-state index contributed by atoms with van der Waals surface area (Å²) >= 11 is 0. The lowest BCUT2D eigenvalue weighted by Crippen LogP contribution is -2.47. The summed E-state index contributed by atoms with van der Waals surface area (Å²) < 4.78 is 0. The lowest BCUT2D eigenvalue weighted by molar-refractivity contribution is -0.121. The van der Waals surface area contributed by atoms with Crippen molar-refractivity contribution in [2.45, 2.75) is 57.0 Å². The maximum atomic E-state index is 11.6. The largest absolute Gasteiger partial charge is 0.350 e. The van der Waals surface area contributed by atoms with Crippen LogP contribution in [-0.4, -0.2) is 24.0 Å². The smallest absolute Gasteiger partial charge is 0.234 e. The number of amides is 1. The van der Waals surface area contributed by atoms with Crippen molar-refractivity contribution in [2.75, 3.05) is 6.54 Å². The Bertz CT molecular complexity index is 217. The Labute approximate surface area is 85.6 Å². The average Bonchev–Trinajstić information content (AvgIpc) is 2.87. The Morgan fingerprint density at radius 1 is 1.36 bits per heavy atom. The molecule has 0 aliphatic heterocycles. The number of hydrogen-bond acceptors (Lipinski definition) is 2. The third kappa shape index (κ3) is 2.71. The molecule has 0 spiro atoms. The molecule has 0 unspecified atom stereocenters. The van der Waals surface area contributed by atoms with E-state index < -0.39 is 0 Å². The second-order valence-corrected chi connectivity index (χ2v) is 4.97. The van der Waals surface area contributed by atoms with Gasteiger partial charge in [0.15, 0.2) is 0 Å². The van der Waals surface area contributed by atoms with Crippen LogP contribution >= 0.6 is 0 Å². The van der Waals surface area contributed by atoms with Gasteiger partial charge in [-0.25, -0.2) is 0 Å². The number of rotatable bonds is 4. The van der Waals surface area contributed by atoms with Crippen molar-refractivity contribution in [1.82, 2.24) is 10.6 Å². The van der Waals surface area contributed by atoms with Crippen molar-refractivity contribution in [3.8, 4) is 0 Å². The first kappa shape index (κ1) is 9.97. The van der Waals surface area contributed by atoms with Gasteiger partial charge in [0.25, 0.3) is 0 Å². The van der Waals surface area contributed by atoms with E-state index in [4.69, 9.17) is 0 Å². The molecule has 0 atom stereocenters. The highest BCUT2D eigenvalue weighted by Gasteiger charge is 2.30. The number of hydrogen-bond donors (Lipinski definition) is 2. The topological polar surface area (TPSA) is 41.1 Å². The zero-order valence-electron chi connectivity index (χ0n) is 8.94. The highest BCUT2D eigenvalue weighted by atomic mass is 16.2. The Hall–Kier alpha value is -0.570. The second kappa shape index (κ2) is 3.89. The molecular formula is C11H20N2O. The highest BCUT2D eigenvalue weighted by Crippen LogP contribution is 2.28. The fourth-order valence-electron chi connectivity index (χ4n) is 2.19. The van der Waals surface area contributed by atoms with Crippen LogP contribution in [0.1, 0.15) is 45.4 Å². The van der Waals surface area contributed by atoms with E-state index >= 15 is 0 Å². The van der Waals surface area contributed by atoms with Gasteiger partial charge in [0.05, 0.1) is 6.54 Å². The molecule has 3 heteroatoms. The van der Waals surface area contributed by atoms with E-state index in [0.717, 1.165) is 12.8 Å². The monoisotopic (exact) mass is 196 g/mol. The molecule has 80 valence electrons. The second-order valence-electron chi connectivity index (χ2n) is 4.97. The SMILES string of the molecule is CC1(NC(=O)CNC2CC2)CCCC1. The molecule has 2 rings (SSSR count). The summed E-state index contributed by atoms with van der Waals surface area (Å²) in [5, 5.41) is 6.37. The van der Waals surface area contributed by atoms with E-state index in [9.17, 15) is 4.79 Å². The third-order valence-corrected chi connectivity index (χ3v) is 3.28. The van der Waals surface area contributed by atoms with E-state index in [1.807, 2.05) is 0 Å². The summed E-state index contributed by atoms with van der Waals surface area (Å²) in [6, 6.07) is 0.622. The molecule has 14 heavy (non-hydrogen) atoms. The molecule has 1 amide bonds. The lowest BCUT2D eigenvalue weighted by Gasteiger charge is -2.25. The standard InChI is InChI=1S/C11H20N2O/c1-11(6-2-3-7-11)13-10(14)8-12-9-4-5-9/h9,12H,2-8H2,1H3,(H,13,14). The normalized spacial score (nSPS) is 24.9. The van der Waals surface area contributed by atoms with Crippen molar-refractivity contribution < 1.29 is 4.79 Å². The van der Waals surface area contributed by atoms with Crippen LogP contribution in [0, 0.1) is 0 Å². The molecule has 2 aliphatic carbocycles. The van der Waals surface area contributed by atoms with Crippen LogP contribution in [-0.2, 0) is 4.79 Å². The lowest BCUT2D eigenvalue weighted by atomic mass is 10.0.